The SMILES string of the molecule is CC1=C(NC(N)=O)N(c2ccccc2)NC1c1cnc(C)nc1. The number of nitrogens with one attached hydrogen (secondary N) is 2. The number of hydrogen-bond donors (Lipinski definition) is 3. The highest BCUT2D eigenvalue weighted by atomic mass is 16.2. The zero-order valence-corrected chi connectivity index (χ0v) is 12.9. The van der Waals surface area contributed by atoms with E-state index in [0.29, 0.717) is 11.6 Å². The van der Waals surface area contributed by atoms with Crippen LogP contribution < -0.4 is 21.5 Å². The first-order chi connectivity index (χ1) is 11.1. The summed E-state index contributed by atoms with van der Waals surface area (Å²) in [4.78, 5) is 19.8. The summed E-state index contributed by atoms with van der Waals surface area (Å²) in [6, 6.07) is 8.92. The Kier molecular flexibility index (Phi) is 3.94. The first-order valence-electron chi connectivity index (χ1n) is 7.23. The van der Waals surface area contributed by atoms with E-state index in [9.17, 15) is 4.79 Å². The topological polar surface area (TPSA) is 96.2 Å². The molecule has 1 aliphatic rings. The molecule has 0 saturated carbocycles. The number of hydrazine groups is 1. The number of primary amides is 1. The molecule has 1 aromatic carbocycles. The van der Waals surface area contributed by atoms with Crippen LogP contribution in [-0.4, -0.2) is 16.0 Å². The molecule has 4 N–H and O–H groups in total. The van der Waals surface area contributed by atoms with Gasteiger partial charge in [-0.15, -0.1) is 0 Å². The zero-order chi connectivity index (χ0) is 16.4. The van der Waals surface area contributed by atoms with Crippen molar-refractivity contribution in [1.29, 1.82) is 0 Å². The number of carbonyl (C=O) groups is 1. The van der Waals surface area contributed by atoms with Crippen LogP contribution in [-0.2, 0) is 0 Å². The minimum absolute atomic E-state index is 0.141. The van der Waals surface area contributed by atoms with Gasteiger partial charge in [-0.25, -0.2) is 20.2 Å². The van der Waals surface area contributed by atoms with Gasteiger partial charge in [0.15, 0.2) is 0 Å². The number of aromatic nitrogens is 2. The molecule has 2 amide bonds. The van der Waals surface area contributed by atoms with Crippen molar-refractivity contribution < 1.29 is 4.79 Å². The van der Waals surface area contributed by atoms with Crippen LogP contribution in [0, 0.1) is 6.92 Å². The van der Waals surface area contributed by atoms with Crippen molar-refractivity contribution in [1.82, 2.24) is 20.7 Å². The number of aryl methyl sites for hydroxylation is 1. The zero-order valence-electron chi connectivity index (χ0n) is 12.9. The van der Waals surface area contributed by atoms with Gasteiger partial charge < -0.3 is 5.73 Å². The molecule has 0 spiro atoms. The molecular weight excluding hydrogens is 292 g/mol. The van der Waals surface area contributed by atoms with E-state index in [1.165, 1.54) is 0 Å². The Morgan fingerprint density at radius 1 is 1.22 bits per heavy atom. The summed E-state index contributed by atoms with van der Waals surface area (Å²) in [5, 5.41) is 4.50. The smallest absolute Gasteiger partial charge is 0.317 e. The number of carbonyl (C=O) groups excluding carboxylic acids is 1. The summed E-state index contributed by atoms with van der Waals surface area (Å²) in [5.41, 5.74) is 11.4. The molecular formula is C16H18N6O. The second-order valence-electron chi connectivity index (χ2n) is 5.32. The van der Waals surface area contributed by atoms with E-state index >= 15 is 0 Å². The molecule has 7 nitrogen and oxygen atoms in total. The molecule has 1 aromatic heterocycles. The van der Waals surface area contributed by atoms with Gasteiger partial charge in [-0.05, 0) is 31.6 Å². The van der Waals surface area contributed by atoms with Crippen molar-refractivity contribution in [2.24, 2.45) is 5.73 Å². The third-order valence-electron chi connectivity index (χ3n) is 3.68. The number of benzene rings is 1. The predicted octanol–water partition coefficient (Wildman–Crippen LogP) is 1.75. The third-order valence-corrected chi connectivity index (χ3v) is 3.68. The first-order valence-corrected chi connectivity index (χ1v) is 7.23. The quantitative estimate of drug-likeness (QED) is 0.802. The molecule has 118 valence electrons. The van der Waals surface area contributed by atoms with Crippen LogP contribution in [0.15, 0.2) is 54.1 Å². The summed E-state index contributed by atoms with van der Waals surface area (Å²) in [7, 11) is 0. The largest absolute Gasteiger partial charge is 0.351 e. The number of amides is 2. The number of rotatable bonds is 3. The van der Waals surface area contributed by atoms with Gasteiger partial charge in [0.25, 0.3) is 0 Å². The molecule has 2 aromatic rings. The highest BCUT2D eigenvalue weighted by Gasteiger charge is 2.31. The molecule has 0 saturated heterocycles. The average molecular weight is 310 g/mol. The van der Waals surface area contributed by atoms with Gasteiger partial charge in [0.1, 0.15) is 11.6 Å². The van der Waals surface area contributed by atoms with Gasteiger partial charge in [0.2, 0.25) is 0 Å². The Hall–Kier alpha value is -2.93. The maximum absolute atomic E-state index is 11.4. The molecule has 23 heavy (non-hydrogen) atoms. The fourth-order valence-electron chi connectivity index (χ4n) is 2.53. The predicted molar refractivity (Wildman–Crippen MR) is 87.0 cm³/mol. The van der Waals surface area contributed by atoms with Crippen LogP contribution in [0.1, 0.15) is 24.4 Å². The van der Waals surface area contributed by atoms with Gasteiger partial charge in [-0.1, -0.05) is 18.2 Å². The second kappa shape index (κ2) is 6.05. The van der Waals surface area contributed by atoms with E-state index < -0.39 is 6.03 Å². The molecule has 7 heteroatoms. The van der Waals surface area contributed by atoms with Crippen molar-refractivity contribution >= 4 is 11.7 Å². The van der Waals surface area contributed by atoms with Gasteiger partial charge in [0, 0.05) is 18.0 Å². The fourth-order valence-corrected chi connectivity index (χ4v) is 2.53. The number of anilines is 1. The van der Waals surface area contributed by atoms with Gasteiger partial charge in [-0.3, -0.25) is 10.3 Å². The number of para-hydroxylation sites is 1. The monoisotopic (exact) mass is 310 g/mol. The molecule has 1 unspecified atom stereocenters. The molecule has 1 aliphatic heterocycles. The maximum atomic E-state index is 11.4. The highest BCUT2D eigenvalue weighted by Crippen LogP contribution is 2.32. The number of hydrogen-bond acceptors (Lipinski definition) is 5. The summed E-state index contributed by atoms with van der Waals surface area (Å²) < 4.78 is 0. The Balaban J connectivity index is 1.99. The number of nitrogens with two attached hydrogens (primary N) is 1. The van der Waals surface area contributed by atoms with Crippen LogP contribution in [0.3, 0.4) is 0 Å². The lowest BCUT2D eigenvalue weighted by atomic mass is 10.0. The molecule has 3 rings (SSSR count). The van der Waals surface area contributed by atoms with Crippen LogP contribution in [0.4, 0.5) is 10.5 Å². The molecule has 0 fully saturated rings. The van der Waals surface area contributed by atoms with Crippen LogP contribution >= 0.6 is 0 Å². The highest BCUT2D eigenvalue weighted by molar-refractivity contribution is 5.75. The van der Waals surface area contributed by atoms with Gasteiger partial charge in [-0.2, -0.15) is 0 Å². The maximum Gasteiger partial charge on any atom is 0.317 e. The van der Waals surface area contributed by atoms with Crippen molar-refractivity contribution in [3.05, 3.63) is 65.5 Å². The summed E-state index contributed by atoms with van der Waals surface area (Å²) in [6.07, 6.45) is 3.56. The van der Waals surface area contributed by atoms with E-state index in [1.807, 2.05) is 49.2 Å². The lowest BCUT2D eigenvalue weighted by molar-refractivity contribution is 0.251. The standard InChI is InChI=1S/C16H18N6O/c1-10-14(12-8-18-11(2)19-9-12)21-22(15(10)20-16(17)23)13-6-4-3-5-7-13/h3-9,14,21H,1-2H3,(H3,17,20,23). The molecule has 0 aliphatic carbocycles. The van der Waals surface area contributed by atoms with Crippen molar-refractivity contribution in [3.8, 4) is 0 Å². The van der Waals surface area contributed by atoms with Gasteiger partial charge >= 0.3 is 6.03 Å². The molecule has 0 radical (unpaired) electrons. The average Bonchev–Trinajstić information content (AvgIpc) is 2.86. The summed E-state index contributed by atoms with van der Waals surface area (Å²) in [6.45, 7) is 3.77. The van der Waals surface area contributed by atoms with Crippen LogP contribution in [0.2, 0.25) is 0 Å². The summed E-state index contributed by atoms with van der Waals surface area (Å²) in [5.74, 6) is 1.33. The minimum Gasteiger partial charge on any atom is -0.351 e. The minimum atomic E-state index is -0.608. The Labute approximate surface area is 134 Å². The number of nitrogens with zero attached hydrogens (tertiary/aromatic N) is 3. The lowest BCUT2D eigenvalue weighted by Crippen LogP contribution is -2.41. The molecule has 1 atom stereocenters. The normalized spacial score (nSPS) is 17.5. The van der Waals surface area contributed by atoms with Crippen molar-refractivity contribution in [3.63, 3.8) is 0 Å². The van der Waals surface area contributed by atoms with E-state index in [2.05, 4.69) is 20.7 Å². The number of urea groups is 1. The van der Waals surface area contributed by atoms with E-state index in [-0.39, 0.29) is 6.04 Å². The Morgan fingerprint density at radius 3 is 2.48 bits per heavy atom. The van der Waals surface area contributed by atoms with Crippen LogP contribution in [0.25, 0.3) is 0 Å². The van der Waals surface area contributed by atoms with E-state index in [1.54, 1.807) is 12.4 Å². The first kappa shape index (κ1) is 15.0. The Bertz CT molecular complexity index is 741. The van der Waals surface area contributed by atoms with Crippen molar-refractivity contribution in [2.75, 3.05) is 5.01 Å². The Morgan fingerprint density at radius 2 is 1.87 bits per heavy atom. The van der Waals surface area contributed by atoms with Crippen LogP contribution in [0.5, 0.6) is 0 Å². The summed E-state index contributed by atoms with van der Waals surface area (Å²) >= 11 is 0. The molecule has 0 bridgehead atoms. The molecule has 2 heterocycles. The fraction of sp³-hybridized carbons (Fsp3) is 0.188. The van der Waals surface area contributed by atoms with Gasteiger partial charge in [0.05, 0.1) is 11.7 Å². The lowest BCUT2D eigenvalue weighted by Gasteiger charge is -2.23. The van der Waals surface area contributed by atoms with Crippen molar-refractivity contribution in [2.45, 2.75) is 19.9 Å². The van der Waals surface area contributed by atoms with E-state index in [0.717, 1.165) is 16.8 Å². The van der Waals surface area contributed by atoms with E-state index in [4.69, 9.17) is 5.73 Å². The third kappa shape index (κ3) is 3.00. The second-order valence-corrected chi connectivity index (χ2v) is 5.32.